The molecule has 0 aliphatic rings. The molecule has 37 heavy (non-hydrogen) atoms. The molecule has 0 unspecified atom stereocenters. The lowest BCUT2D eigenvalue weighted by molar-refractivity contribution is 0.482. The highest BCUT2D eigenvalue weighted by Gasteiger charge is 2.18. The highest BCUT2D eigenvalue weighted by atomic mass is 32.2. The molecule has 1 aromatic heterocycles. The Kier molecular flexibility index (Phi) is 6.83. The fourth-order valence-electron chi connectivity index (χ4n) is 3.57. The maximum absolute atomic E-state index is 13.7. The Bertz CT molecular complexity index is 1690. The average molecular weight is 524 g/mol. The van der Waals surface area contributed by atoms with Crippen LogP contribution in [0, 0.1) is 26.8 Å². The maximum Gasteiger partial charge on any atom is 0.315 e. The first-order valence-corrected chi connectivity index (χ1v) is 12.2. The normalized spacial score (nSPS) is 11.7. The number of aryl methyl sites for hydroxylation is 3. The van der Waals surface area contributed by atoms with Gasteiger partial charge in [0.25, 0.3) is 10.1 Å². The lowest BCUT2D eigenvalue weighted by Gasteiger charge is -2.11. The fourth-order valence-corrected chi connectivity index (χ4v) is 4.26. The van der Waals surface area contributed by atoms with Crippen LogP contribution in [0.4, 0.5) is 33.3 Å². The van der Waals surface area contributed by atoms with Gasteiger partial charge in [-0.25, -0.2) is 0 Å². The Morgan fingerprint density at radius 1 is 0.973 bits per heavy atom. The Labute approximate surface area is 211 Å². The van der Waals surface area contributed by atoms with Crippen molar-refractivity contribution in [2.45, 2.75) is 25.7 Å². The molecular formula is C24H22FN7O4S. The van der Waals surface area contributed by atoms with Crippen LogP contribution in [0.1, 0.15) is 16.7 Å². The van der Waals surface area contributed by atoms with Gasteiger partial charge in [0.2, 0.25) is 11.9 Å². The summed E-state index contributed by atoms with van der Waals surface area (Å²) in [5.74, 6) is -0.230. The van der Waals surface area contributed by atoms with E-state index in [1.165, 1.54) is 18.3 Å². The number of fused-ring (bicyclic) bond motifs is 1. The number of phenolic OH excluding ortho intramolecular Hbond substituents is 1. The second-order valence-corrected chi connectivity index (χ2v) is 9.52. The van der Waals surface area contributed by atoms with Crippen LogP contribution in [-0.4, -0.2) is 33.0 Å². The van der Waals surface area contributed by atoms with Crippen LogP contribution < -0.4 is 10.6 Å². The summed E-state index contributed by atoms with van der Waals surface area (Å²) in [4.78, 5) is 10.8. The van der Waals surface area contributed by atoms with Crippen molar-refractivity contribution in [1.29, 1.82) is 0 Å². The Balaban J connectivity index is 1.71. The van der Waals surface area contributed by atoms with E-state index < -0.39 is 16.2 Å². The fraction of sp³-hybridized carbons (Fsp3) is 0.125. The summed E-state index contributed by atoms with van der Waals surface area (Å²) >= 11 is 0. The molecular weight excluding hydrogens is 501 g/mol. The van der Waals surface area contributed by atoms with Gasteiger partial charge in [-0.15, -0.1) is 10.2 Å². The summed E-state index contributed by atoms with van der Waals surface area (Å²) < 4.78 is 47.0. The van der Waals surface area contributed by atoms with Gasteiger partial charge in [0.15, 0.2) is 5.75 Å². The van der Waals surface area contributed by atoms with Crippen LogP contribution in [0.15, 0.2) is 64.3 Å². The molecule has 0 atom stereocenters. The molecule has 0 saturated carbocycles. The first-order valence-electron chi connectivity index (χ1n) is 10.8. The van der Waals surface area contributed by atoms with E-state index in [0.29, 0.717) is 27.6 Å². The standard InChI is InChI=1S/C24H22FN7O4S/c1-5-26-23-28-22(25)29-24(30-23)27-16-6-7-17-15(11-16)8-14(4)20(21(17)33)32-31-18-9-12(2)13(3)10-19(18)37(34,35)36/h5-11,33H,1H2,2-4H3,(H,34,35,36)(H2,26,27,28,29,30). The van der Waals surface area contributed by atoms with E-state index in [9.17, 15) is 22.5 Å². The van der Waals surface area contributed by atoms with Crippen LogP contribution in [0.2, 0.25) is 0 Å². The molecule has 0 aliphatic carbocycles. The van der Waals surface area contributed by atoms with Crippen molar-refractivity contribution in [2.24, 2.45) is 10.2 Å². The quantitative estimate of drug-likeness (QED) is 0.174. The molecule has 3 aromatic carbocycles. The van der Waals surface area contributed by atoms with E-state index in [2.05, 4.69) is 42.4 Å². The van der Waals surface area contributed by atoms with Gasteiger partial charge >= 0.3 is 6.08 Å². The van der Waals surface area contributed by atoms with Crippen molar-refractivity contribution >= 4 is 49.8 Å². The smallest absolute Gasteiger partial charge is 0.315 e. The molecule has 4 aromatic rings. The number of nitrogens with one attached hydrogen (secondary N) is 2. The number of phenols is 1. The van der Waals surface area contributed by atoms with E-state index in [-0.39, 0.29) is 33.9 Å². The predicted octanol–water partition coefficient (Wildman–Crippen LogP) is 5.76. The molecule has 0 saturated heterocycles. The number of rotatable bonds is 7. The van der Waals surface area contributed by atoms with E-state index >= 15 is 0 Å². The minimum Gasteiger partial charge on any atom is -0.505 e. The number of nitrogens with zero attached hydrogens (tertiary/aromatic N) is 5. The highest BCUT2D eigenvalue weighted by molar-refractivity contribution is 7.86. The number of hydrogen-bond acceptors (Lipinski definition) is 10. The largest absolute Gasteiger partial charge is 0.505 e. The minimum absolute atomic E-state index is 0.0183. The zero-order valence-corrected chi connectivity index (χ0v) is 20.8. The molecule has 0 radical (unpaired) electrons. The second-order valence-electron chi connectivity index (χ2n) is 8.13. The molecule has 0 spiro atoms. The topological polar surface area (TPSA) is 162 Å². The van der Waals surface area contributed by atoms with Crippen molar-refractivity contribution in [3.63, 3.8) is 0 Å². The molecule has 0 bridgehead atoms. The third-order valence-electron chi connectivity index (χ3n) is 5.48. The average Bonchev–Trinajstić information content (AvgIpc) is 2.80. The summed E-state index contributed by atoms with van der Waals surface area (Å²) in [5, 5.41) is 25.6. The zero-order chi connectivity index (χ0) is 26.9. The van der Waals surface area contributed by atoms with E-state index in [4.69, 9.17) is 0 Å². The van der Waals surface area contributed by atoms with E-state index in [1.807, 2.05) is 0 Å². The zero-order valence-electron chi connectivity index (χ0n) is 20.0. The Morgan fingerprint density at radius 2 is 1.68 bits per heavy atom. The second kappa shape index (κ2) is 9.87. The monoisotopic (exact) mass is 523 g/mol. The van der Waals surface area contributed by atoms with Crippen LogP contribution in [0.25, 0.3) is 10.8 Å². The first kappa shape index (κ1) is 25.6. The van der Waals surface area contributed by atoms with Gasteiger partial charge in [0.05, 0.1) is 0 Å². The van der Waals surface area contributed by atoms with Crippen LogP contribution in [0.5, 0.6) is 5.75 Å². The van der Waals surface area contributed by atoms with Crippen molar-refractivity contribution in [1.82, 2.24) is 15.0 Å². The predicted molar refractivity (Wildman–Crippen MR) is 137 cm³/mol. The third kappa shape index (κ3) is 5.52. The number of aromatic nitrogens is 3. The lowest BCUT2D eigenvalue weighted by Crippen LogP contribution is -2.05. The SMILES string of the molecule is C=CNc1nc(F)nc(Nc2ccc3c(O)c(N=Nc4cc(C)c(C)cc4S(=O)(=O)O)c(C)cc3c2)n1. The van der Waals surface area contributed by atoms with Gasteiger partial charge in [0, 0.05) is 11.1 Å². The molecule has 0 fully saturated rings. The van der Waals surface area contributed by atoms with Crippen LogP contribution in [0.3, 0.4) is 0 Å². The molecule has 0 aliphatic heterocycles. The van der Waals surface area contributed by atoms with Crippen molar-refractivity contribution in [2.75, 3.05) is 10.6 Å². The Morgan fingerprint density at radius 3 is 2.38 bits per heavy atom. The summed E-state index contributed by atoms with van der Waals surface area (Å²) in [6, 6.07) is 9.50. The maximum atomic E-state index is 13.7. The molecule has 190 valence electrons. The lowest BCUT2D eigenvalue weighted by atomic mass is 10.0. The van der Waals surface area contributed by atoms with Crippen LogP contribution in [-0.2, 0) is 10.1 Å². The summed E-state index contributed by atoms with van der Waals surface area (Å²) in [5.41, 5.74) is 2.56. The number of benzene rings is 3. The van der Waals surface area contributed by atoms with Crippen molar-refractivity contribution in [3.8, 4) is 5.75 Å². The highest BCUT2D eigenvalue weighted by Crippen LogP contribution is 2.40. The first-order chi connectivity index (χ1) is 17.5. The van der Waals surface area contributed by atoms with Gasteiger partial charge in [0.1, 0.15) is 16.3 Å². The number of azo groups is 1. The van der Waals surface area contributed by atoms with Crippen LogP contribution >= 0.6 is 0 Å². The summed E-state index contributed by atoms with van der Waals surface area (Å²) in [7, 11) is -4.54. The van der Waals surface area contributed by atoms with Gasteiger partial charge in [-0.2, -0.15) is 27.8 Å². The molecule has 13 heteroatoms. The molecule has 0 amide bonds. The van der Waals surface area contributed by atoms with Crippen molar-refractivity contribution < 1.29 is 22.5 Å². The molecule has 4 N–H and O–H groups in total. The Hall–Kier alpha value is -4.49. The van der Waals surface area contributed by atoms with Gasteiger partial charge in [-0.05, 0) is 85.4 Å². The molecule has 1 heterocycles. The van der Waals surface area contributed by atoms with E-state index in [1.54, 1.807) is 45.0 Å². The summed E-state index contributed by atoms with van der Waals surface area (Å²) in [6.07, 6.45) is 0.325. The molecule has 4 rings (SSSR count). The van der Waals surface area contributed by atoms with E-state index in [0.717, 1.165) is 5.56 Å². The number of aromatic hydroxyl groups is 1. The van der Waals surface area contributed by atoms with Gasteiger partial charge < -0.3 is 15.7 Å². The number of halogens is 1. The minimum atomic E-state index is -4.54. The third-order valence-corrected chi connectivity index (χ3v) is 6.37. The molecule has 11 nitrogen and oxygen atoms in total. The van der Waals surface area contributed by atoms with Gasteiger partial charge in [-0.3, -0.25) is 4.55 Å². The summed E-state index contributed by atoms with van der Waals surface area (Å²) in [6.45, 7) is 8.66. The van der Waals surface area contributed by atoms with Gasteiger partial charge in [-0.1, -0.05) is 6.58 Å². The van der Waals surface area contributed by atoms with Crippen molar-refractivity contribution in [3.05, 3.63) is 71.9 Å². The number of hydrogen-bond donors (Lipinski definition) is 4. The number of anilines is 3.